The van der Waals surface area contributed by atoms with Gasteiger partial charge in [0.15, 0.2) is 5.01 Å². The summed E-state index contributed by atoms with van der Waals surface area (Å²) in [5.41, 5.74) is 0.872. The number of rotatable bonds is 5. The van der Waals surface area contributed by atoms with Crippen LogP contribution in [0.3, 0.4) is 0 Å². The largest absolute Gasteiger partial charge is 0.468 e. The maximum absolute atomic E-state index is 12.6. The van der Waals surface area contributed by atoms with Crippen LogP contribution >= 0.6 is 11.3 Å². The fourth-order valence-corrected chi connectivity index (χ4v) is 4.24. The van der Waals surface area contributed by atoms with E-state index in [0.717, 1.165) is 29.1 Å². The molecule has 3 aromatic rings. The fourth-order valence-electron chi connectivity index (χ4n) is 3.35. The molecule has 1 saturated heterocycles. The Morgan fingerprint density at radius 3 is 2.80 bits per heavy atom. The second-order valence-corrected chi connectivity index (χ2v) is 7.36. The minimum Gasteiger partial charge on any atom is -0.468 e. The molecular weight excluding hydrogens is 334 g/mol. The lowest BCUT2D eigenvalue weighted by molar-refractivity contribution is 0.0914. The van der Waals surface area contributed by atoms with Crippen LogP contribution in [0.5, 0.6) is 0 Å². The first kappa shape index (κ1) is 16.3. The van der Waals surface area contributed by atoms with Crippen molar-refractivity contribution < 1.29 is 9.21 Å². The summed E-state index contributed by atoms with van der Waals surface area (Å²) in [6.45, 7) is 2.62. The number of carbonyl (C=O) groups is 1. The normalized spacial score (nSPS) is 16.8. The number of thiazole rings is 1. The van der Waals surface area contributed by atoms with E-state index in [1.165, 1.54) is 30.6 Å². The van der Waals surface area contributed by atoms with Gasteiger partial charge in [0.2, 0.25) is 0 Å². The predicted molar refractivity (Wildman–Crippen MR) is 98.8 cm³/mol. The minimum absolute atomic E-state index is 0.0774. The Hall–Kier alpha value is -2.18. The van der Waals surface area contributed by atoms with Gasteiger partial charge in [-0.25, -0.2) is 4.98 Å². The van der Waals surface area contributed by atoms with E-state index in [2.05, 4.69) is 15.2 Å². The van der Waals surface area contributed by atoms with Crippen molar-refractivity contribution in [1.29, 1.82) is 0 Å². The van der Waals surface area contributed by atoms with E-state index in [1.54, 1.807) is 6.26 Å². The molecule has 0 saturated carbocycles. The molecule has 1 aromatic carbocycles. The average Bonchev–Trinajstić information content (AvgIpc) is 3.32. The molecule has 3 heterocycles. The molecule has 0 spiro atoms. The number of hydrogen-bond acceptors (Lipinski definition) is 5. The smallest absolute Gasteiger partial charge is 0.280 e. The van der Waals surface area contributed by atoms with E-state index < -0.39 is 0 Å². The van der Waals surface area contributed by atoms with E-state index in [4.69, 9.17) is 4.42 Å². The fraction of sp³-hybridized carbons (Fsp3) is 0.368. The lowest BCUT2D eigenvalue weighted by Crippen LogP contribution is -2.40. The van der Waals surface area contributed by atoms with Crippen LogP contribution in [0.1, 0.15) is 40.9 Å². The Balaban J connectivity index is 1.47. The Kier molecular flexibility index (Phi) is 4.81. The van der Waals surface area contributed by atoms with E-state index in [9.17, 15) is 4.79 Å². The van der Waals surface area contributed by atoms with Crippen LogP contribution in [0.25, 0.3) is 10.2 Å². The number of nitrogens with zero attached hydrogens (tertiary/aromatic N) is 2. The Morgan fingerprint density at radius 1 is 1.20 bits per heavy atom. The third-order valence-electron chi connectivity index (χ3n) is 4.65. The third kappa shape index (κ3) is 3.60. The Labute approximate surface area is 150 Å². The van der Waals surface area contributed by atoms with Crippen molar-refractivity contribution in [2.75, 3.05) is 19.6 Å². The molecule has 4 rings (SSSR count). The van der Waals surface area contributed by atoms with Gasteiger partial charge < -0.3 is 9.73 Å². The number of amides is 1. The second kappa shape index (κ2) is 7.37. The van der Waals surface area contributed by atoms with E-state index in [1.807, 2.05) is 36.4 Å². The number of nitrogens with one attached hydrogen (secondary N) is 1. The molecule has 0 bridgehead atoms. The first-order valence-corrected chi connectivity index (χ1v) is 9.54. The van der Waals surface area contributed by atoms with Gasteiger partial charge in [-0.05, 0) is 50.2 Å². The number of para-hydroxylation sites is 1. The zero-order valence-corrected chi connectivity index (χ0v) is 14.8. The summed E-state index contributed by atoms with van der Waals surface area (Å²) in [5, 5.41) is 3.56. The van der Waals surface area contributed by atoms with Crippen molar-refractivity contribution in [3.8, 4) is 0 Å². The molecule has 6 heteroatoms. The van der Waals surface area contributed by atoms with Crippen molar-refractivity contribution in [1.82, 2.24) is 15.2 Å². The number of piperidine rings is 1. The van der Waals surface area contributed by atoms with Crippen LogP contribution < -0.4 is 5.32 Å². The van der Waals surface area contributed by atoms with Crippen LogP contribution in [0.15, 0.2) is 47.1 Å². The maximum atomic E-state index is 12.6. The van der Waals surface area contributed by atoms with Gasteiger partial charge in [0, 0.05) is 6.54 Å². The molecule has 5 nitrogen and oxygen atoms in total. The molecule has 2 aromatic heterocycles. The SMILES string of the molecule is O=C(NCC(c1ccco1)N1CCCCC1)c1nc2ccccc2s1. The topological polar surface area (TPSA) is 58.4 Å². The number of aromatic nitrogens is 1. The number of fused-ring (bicyclic) bond motifs is 1. The summed E-state index contributed by atoms with van der Waals surface area (Å²) in [6.07, 6.45) is 5.37. The van der Waals surface area contributed by atoms with E-state index >= 15 is 0 Å². The molecular formula is C19H21N3O2S. The van der Waals surface area contributed by atoms with Crippen LogP contribution in [0.4, 0.5) is 0 Å². The van der Waals surface area contributed by atoms with Crippen LogP contribution in [0.2, 0.25) is 0 Å². The molecule has 1 aliphatic heterocycles. The van der Waals surface area contributed by atoms with Crippen molar-refractivity contribution >= 4 is 27.5 Å². The lowest BCUT2D eigenvalue weighted by Gasteiger charge is -2.33. The zero-order valence-electron chi connectivity index (χ0n) is 14.0. The highest BCUT2D eigenvalue weighted by atomic mass is 32.1. The lowest BCUT2D eigenvalue weighted by atomic mass is 10.1. The monoisotopic (exact) mass is 355 g/mol. The number of carbonyl (C=O) groups excluding carboxylic acids is 1. The summed E-state index contributed by atoms with van der Waals surface area (Å²) in [5.74, 6) is 0.793. The van der Waals surface area contributed by atoms with Gasteiger partial charge in [-0.3, -0.25) is 9.69 Å². The number of hydrogen-bond donors (Lipinski definition) is 1. The van der Waals surface area contributed by atoms with Gasteiger partial charge in [-0.2, -0.15) is 0 Å². The molecule has 130 valence electrons. The van der Waals surface area contributed by atoms with Gasteiger partial charge in [-0.15, -0.1) is 11.3 Å². The Morgan fingerprint density at radius 2 is 2.04 bits per heavy atom. The summed E-state index contributed by atoms with van der Waals surface area (Å²) in [7, 11) is 0. The molecule has 1 amide bonds. The molecule has 1 aliphatic rings. The van der Waals surface area contributed by atoms with E-state index in [-0.39, 0.29) is 11.9 Å². The summed E-state index contributed by atoms with van der Waals surface area (Å²) in [4.78, 5) is 19.4. The molecule has 1 atom stereocenters. The van der Waals surface area contributed by atoms with Crippen LogP contribution in [0, 0.1) is 0 Å². The summed E-state index contributed by atoms with van der Waals surface area (Å²) < 4.78 is 6.66. The number of likely N-dealkylation sites (tertiary alicyclic amines) is 1. The zero-order chi connectivity index (χ0) is 17.1. The average molecular weight is 355 g/mol. The summed E-state index contributed by atoms with van der Waals surface area (Å²) >= 11 is 1.43. The second-order valence-electron chi connectivity index (χ2n) is 6.32. The van der Waals surface area contributed by atoms with Crippen molar-refractivity contribution in [3.05, 3.63) is 53.4 Å². The molecule has 0 aliphatic carbocycles. The highest BCUT2D eigenvalue weighted by Gasteiger charge is 2.25. The predicted octanol–water partition coefficient (Wildman–Crippen LogP) is 3.85. The highest BCUT2D eigenvalue weighted by molar-refractivity contribution is 7.20. The van der Waals surface area contributed by atoms with Gasteiger partial charge in [0.05, 0.1) is 22.5 Å². The third-order valence-corrected chi connectivity index (χ3v) is 5.68. The highest BCUT2D eigenvalue weighted by Crippen LogP contribution is 2.25. The van der Waals surface area contributed by atoms with Crippen molar-refractivity contribution in [2.45, 2.75) is 25.3 Å². The molecule has 0 radical (unpaired) electrons. The molecule has 1 unspecified atom stereocenters. The standard InChI is InChI=1S/C19H21N3O2S/c23-18(19-21-14-7-2-3-9-17(14)25-19)20-13-15(16-8-6-12-24-16)22-10-4-1-5-11-22/h2-3,6-9,12,15H,1,4-5,10-11,13H2,(H,20,23). The van der Waals surface area contributed by atoms with Gasteiger partial charge in [-0.1, -0.05) is 18.6 Å². The summed E-state index contributed by atoms with van der Waals surface area (Å²) in [6, 6.07) is 11.8. The van der Waals surface area contributed by atoms with Crippen molar-refractivity contribution in [3.63, 3.8) is 0 Å². The number of furan rings is 1. The first-order chi connectivity index (χ1) is 12.3. The number of benzene rings is 1. The quantitative estimate of drug-likeness (QED) is 0.755. The van der Waals surface area contributed by atoms with E-state index in [0.29, 0.717) is 11.6 Å². The van der Waals surface area contributed by atoms with Gasteiger partial charge in [0.1, 0.15) is 5.76 Å². The van der Waals surface area contributed by atoms with Gasteiger partial charge in [0.25, 0.3) is 5.91 Å². The van der Waals surface area contributed by atoms with Crippen LogP contribution in [-0.2, 0) is 0 Å². The molecule has 25 heavy (non-hydrogen) atoms. The Bertz CT molecular complexity index is 804. The minimum atomic E-state index is -0.116. The van der Waals surface area contributed by atoms with Gasteiger partial charge >= 0.3 is 0 Å². The van der Waals surface area contributed by atoms with Crippen molar-refractivity contribution in [2.24, 2.45) is 0 Å². The molecule has 1 fully saturated rings. The molecule has 1 N–H and O–H groups in total. The maximum Gasteiger partial charge on any atom is 0.280 e. The first-order valence-electron chi connectivity index (χ1n) is 8.72. The van der Waals surface area contributed by atoms with Crippen LogP contribution in [-0.4, -0.2) is 35.4 Å².